The summed E-state index contributed by atoms with van der Waals surface area (Å²) in [5.74, 6) is 1.47. The van der Waals surface area contributed by atoms with E-state index in [2.05, 4.69) is 12.6 Å². The molecular formula is C15H23BClO2S. The van der Waals surface area contributed by atoms with Gasteiger partial charge in [0.05, 0.1) is 12.2 Å². The first kappa shape index (κ1) is 17.7. The summed E-state index contributed by atoms with van der Waals surface area (Å²) in [5, 5.41) is 0. The fourth-order valence-electron chi connectivity index (χ4n) is 1.25. The van der Waals surface area contributed by atoms with E-state index in [9.17, 15) is 0 Å². The molecule has 1 rings (SSSR count). The van der Waals surface area contributed by atoms with Crippen molar-refractivity contribution >= 4 is 37.2 Å². The number of ether oxygens (including phenoxy) is 1. The fraction of sp³-hybridized carbons (Fsp3) is 0.600. The smallest absolute Gasteiger partial charge is 0.330 e. The first-order chi connectivity index (χ1) is 9.26. The Morgan fingerprint density at radius 3 is 2.25 bits per heavy atom. The second kappa shape index (κ2) is 7.62. The predicted octanol–water partition coefficient (Wildman–Crippen LogP) is 3.44. The summed E-state index contributed by atoms with van der Waals surface area (Å²) in [4.78, 5) is 0. The fourth-order valence-corrected chi connectivity index (χ4v) is 1.41. The van der Waals surface area contributed by atoms with Crippen LogP contribution in [0.1, 0.15) is 34.1 Å². The van der Waals surface area contributed by atoms with Gasteiger partial charge in [-0.1, -0.05) is 17.6 Å². The third kappa shape index (κ3) is 5.59. The van der Waals surface area contributed by atoms with Crippen molar-refractivity contribution < 1.29 is 9.39 Å². The number of rotatable bonds is 8. The van der Waals surface area contributed by atoms with Crippen LogP contribution in [0.2, 0.25) is 0 Å². The van der Waals surface area contributed by atoms with E-state index in [4.69, 9.17) is 21.0 Å². The van der Waals surface area contributed by atoms with Crippen molar-refractivity contribution in [3.8, 4) is 5.75 Å². The van der Waals surface area contributed by atoms with Crippen LogP contribution in [0.5, 0.6) is 5.75 Å². The molecule has 0 fully saturated rings. The molecule has 111 valence electrons. The summed E-state index contributed by atoms with van der Waals surface area (Å²) >= 11 is 10.2. The highest BCUT2D eigenvalue weighted by molar-refractivity contribution is 7.81. The van der Waals surface area contributed by atoms with E-state index in [1.54, 1.807) is 7.48 Å². The van der Waals surface area contributed by atoms with Crippen LogP contribution >= 0.6 is 24.2 Å². The van der Waals surface area contributed by atoms with Gasteiger partial charge in [-0.3, -0.25) is 0 Å². The Labute approximate surface area is 133 Å². The van der Waals surface area contributed by atoms with Crippen molar-refractivity contribution in [2.45, 2.75) is 44.5 Å². The molecule has 0 bridgehead atoms. The minimum Gasteiger partial charge on any atom is -0.494 e. The molecule has 2 nitrogen and oxygen atoms in total. The average molecular weight is 314 g/mol. The maximum absolute atomic E-state index is 5.86. The highest BCUT2D eigenvalue weighted by atomic mass is 35.5. The summed E-state index contributed by atoms with van der Waals surface area (Å²) in [6, 6.07) is 7.81. The molecule has 1 radical (unpaired) electrons. The Balaban J connectivity index is 2.50. The van der Waals surface area contributed by atoms with Crippen LogP contribution in [0.25, 0.3) is 0 Å². The van der Waals surface area contributed by atoms with E-state index in [0.29, 0.717) is 12.5 Å². The van der Waals surface area contributed by atoms with Crippen molar-refractivity contribution in [2.75, 3.05) is 12.5 Å². The molecule has 1 aromatic carbocycles. The maximum atomic E-state index is 5.86. The highest BCUT2D eigenvalue weighted by Gasteiger charge is 2.34. The molecule has 0 unspecified atom stereocenters. The first-order valence-electron chi connectivity index (χ1n) is 6.78. The normalized spacial score (nSPS) is 12.3. The van der Waals surface area contributed by atoms with Gasteiger partial charge in [0.25, 0.3) is 0 Å². The average Bonchev–Trinajstić information content (AvgIpc) is 2.37. The van der Waals surface area contributed by atoms with E-state index in [1.807, 2.05) is 52.0 Å². The topological polar surface area (TPSA) is 18.5 Å². The van der Waals surface area contributed by atoms with E-state index in [0.717, 1.165) is 17.6 Å². The molecule has 0 atom stereocenters. The van der Waals surface area contributed by atoms with Crippen LogP contribution in [0.4, 0.5) is 0 Å². The Bertz CT molecular complexity index is 401. The molecule has 0 saturated carbocycles. The van der Waals surface area contributed by atoms with E-state index < -0.39 is 0 Å². The molecule has 1 aromatic rings. The Morgan fingerprint density at radius 1 is 1.15 bits per heavy atom. The van der Waals surface area contributed by atoms with E-state index in [-0.39, 0.29) is 10.3 Å². The van der Waals surface area contributed by atoms with E-state index >= 15 is 0 Å². The van der Waals surface area contributed by atoms with Crippen LogP contribution in [-0.4, -0.2) is 30.3 Å². The monoisotopic (exact) mass is 313 g/mol. The summed E-state index contributed by atoms with van der Waals surface area (Å²) < 4.78 is 11.2. The summed E-state index contributed by atoms with van der Waals surface area (Å²) in [6.07, 6.45) is 0.851. The van der Waals surface area contributed by atoms with Crippen molar-refractivity contribution in [2.24, 2.45) is 0 Å². The van der Waals surface area contributed by atoms with Crippen molar-refractivity contribution in [1.29, 1.82) is 0 Å². The van der Waals surface area contributed by atoms with Crippen LogP contribution in [0.3, 0.4) is 0 Å². The van der Waals surface area contributed by atoms with Gasteiger partial charge in [-0.15, -0.1) is 11.6 Å². The zero-order valence-corrected chi connectivity index (χ0v) is 14.3. The Hall–Kier alpha value is -0.315. The van der Waals surface area contributed by atoms with Gasteiger partial charge in [-0.05, 0) is 46.2 Å². The molecule has 0 aromatic heterocycles. The molecule has 0 N–H and O–H groups in total. The number of halogens is 1. The van der Waals surface area contributed by atoms with Gasteiger partial charge in [-0.25, -0.2) is 0 Å². The van der Waals surface area contributed by atoms with Gasteiger partial charge in [0, 0.05) is 10.6 Å². The van der Waals surface area contributed by atoms with Crippen molar-refractivity contribution in [1.82, 2.24) is 0 Å². The number of benzene rings is 1. The zero-order valence-electron chi connectivity index (χ0n) is 12.6. The maximum Gasteiger partial charge on any atom is 0.330 e. The zero-order chi connectivity index (χ0) is 15.2. The van der Waals surface area contributed by atoms with Gasteiger partial charge in [0.1, 0.15) is 5.75 Å². The van der Waals surface area contributed by atoms with Crippen LogP contribution in [-0.2, 0) is 4.65 Å². The predicted molar refractivity (Wildman–Crippen MR) is 90.9 cm³/mol. The molecule has 0 heterocycles. The molecule has 0 aliphatic heterocycles. The number of hydrogen-bond acceptors (Lipinski definition) is 3. The summed E-state index contributed by atoms with van der Waals surface area (Å²) in [5.41, 5.74) is 0.645. The molecule has 5 heteroatoms. The number of thiol groups is 1. The lowest BCUT2D eigenvalue weighted by molar-refractivity contribution is 0.0854. The van der Waals surface area contributed by atoms with Crippen LogP contribution in [0, 0.1) is 0 Å². The molecule has 0 amide bonds. The summed E-state index contributed by atoms with van der Waals surface area (Å²) in [6.45, 7) is 8.78. The second-order valence-electron chi connectivity index (χ2n) is 5.77. The lowest BCUT2D eigenvalue weighted by Gasteiger charge is -2.38. The van der Waals surface area contributed by atoms with Crippen LogP contribution in [0.15, 0.2) is 24.3 Å². The van der Waals surface area contributed by atoms with Crippen LogP contribution < -0.4 is 10.2 Å². The molecular weight excluding hydrogens is 290 g/mol. The number of alkyl halides is 1. The van der Waals surface area contributed by atoms with Gasteiger partial charge in [0.2, 0.25) is 0 Å². The molecule has 0 spiro atoms. The minimum absolute atomic E-state index is 0.228. The van der Waals surface area contributed by atoms with Gasteiger partial charge in [0.15, 0.2) is 0 Å². The SMILES string of the molecule is CC(C)(S)C(C)(C)O[B]c1ccc(OCCCCl)cc1. The lowest BCUT2D eigenvalue weighted by Crippen LogP contribution is -2.45. The Kier molecular flexibility index (Phi) is 6.76. The standard InChI is InChI=1S/C15H23BClO2S/c1-14(2,15(3,4)20)19-16-12-6-8-13(9-7-12)18-11-5-10-17/h6-9,20H,5,10-11H2,1-4H3. The van der Waals surface area contributed by atoms with Crippen molar-refractivity contribution in [3.05, 3.63) is 24.3 Å². The first-order valence-corrected chi connectivity index (χ1v) is 7.77. The molecule has 0 saturated heterocycles. The largest absolute Gasteiger partial charge is 0.494 e. The minimum atomic E-state index is -0.356. The van der Waals surface area contributed by atoms with Gasteiger partial charge >= 0.3 is 7.48 Å². The third-order valence-corrected chi connectivity index (χ3v) is 4.20. The van der Waals surface area contributed by atoms with E-state index in [1.165, 1.54) is 0 Å². The van der Waals surface area contributed by atoms with Gasteiger partial charge < -0.3 is 9.39 Å². The Morgan fingerprint density at radius 2 is 1.75 bits per heavy atom. The molecule has 0 aliphatic rings. The van der Waals surface area contributed by atoms with Gasteiger partial charge in [-0.2, -0.15) is 12.6 Å². The quantitative estimate of drug-likeness (QED) is 0.343. The second-order valence-corrected chi connectivity index (χ2v) is 7.26. The lowest BCUT2D eigenvalue weighted by atomic mass is 9.84. The highest BCUT2D eigenvalue weighted by Crippen LogP contribution is 2.30. The summed E-state index contributed by atoms with van der Waals surface area (Å²) in [7, 11) is 1.76. The third-order valence-electron chi connectivity index (χ3n) is 3.39. The molecule has 0 aliphatic carbocycles. The van der Waals surface area contributed by atoms with Crippen molar-refractivity contribution in [3.63, 3.8) is 0 Å². The molecule has 20 heavy (non-hydrogen) atoms. The number of hydrogen-bond donors (Lipinski definition) is 1.